The van der Waals surface area contributed by atoms with Gasteiger partial charge in [0.1, 0.15) is 5.78 Å². The molecule has 0 aliphatic heterocycles. The third kappa shape index (κ3) is 26.6. The standard InChI is InChI=1S/C5H10O.C5H10/c1-3-4-5(2)6;1-3-5-4-2/h3-4H2,1-2H3;3H,1,4-5H2,2H3. The average Bonchev–Trinajstić information content (AvgIpc) is 1.90. The molecule has 66 valence electrons. The second-order valence-corrected chi connectivity index (χ2v) is 2.53. The van der Waals surface area contributed by atoms with E-state index in [4.69, 9.17) is 0 Å². The van der Waals surface area contributed by atoms with Gasteiger partial charge < -0.3 is 4.79 Å². The number of hydrogen-bond donors (Lipinski definition) is 0. The van der Waals surface area contributed by atoms with Crippen molar-refractivity contribution in [2.24, 2.45) is 0 Å². The molecule has 0 saturated heterocycles. The smallest absolute Gasteiger partial charge is 0.129 e. The van der Waals surface area contributed by atoms with Crippen LogP contribution in [0.25, 0.3) is 0 Å². The maximum atomic E-state index is 10.0. The van der Waals surface area contributed by atoms with Gasteiger partial charge in [0, 0.05) is 6.42 Å². The molecule has 0 unspecified atom stereocenters. The summed E-state index contributed by atoms with van der Waals surface area (Å²) in [5, 5.41) is 0. The summed E-state index contributed by atoms with van der Waals surface area (Å²) in [5.41, 5.74) is 0. The Balaban J connectivity index is 0. The van der Waals surface area contributed by atoms with Crippen LogP contribution in [0.15, 0.2) is 12.7 Å². The molecule has 0 radical (unpaired) electrons. The summed E-state index contributed by atoms with van der Waals surface area (Å²) in [6, 6.07) is 0. The van der Waals surface area contributed by atoms with E-state index in [0.717, 1.165) is 19.3 Å². The molecule has 0 aliphatic rings. The van der Waals surface area contributed by atoms with Crippen molar-refractivity contribution >= 4 is 5.78 Å². The van der Waals surface area contributed by atoms with Gasteiger partial charge >= 0.3 is 0 Å². The van der Waals surface area contributed by atoms with Crippen LogP contribution in [0.1, 0.15) is 46.5 Å². The molecule has 0 N–H and O–H groups in total. The van der Waals surface area contributed by atoms with E-state index >= 15 is 0 Å². The number of ketones is 1. The second kappa shape index (κ2) is 12.1. The summed E-state index contributed by atoms with van der Waals surface area (Å²) >= 11 is 0. The molecular formula is C10H20O. The van der Waals surface area contributed by atoms with Crippen LogP contribution in [0.3, 0.4) is 0 Å². The van der Waals surface area contributed by atoms with Crippen LogP contribution < -0.4 is 0 Å². The van der Waals surface area contributed by atoms with Crippen molar-refractivity contribution in [2.45, 2.75) is 46.5 Å². The summed E-state index contributed by atoms with van der Waals surface area (Å²) in [6.07, 6.45) is 6.03. The number of rotatable bonds is 4. The Hall–Kier alpha value is -0.590. The molecule has 11 heavy (non-hydrogen) atoms. The van der Waals surface area contributed by atoms with E-state index in [1.807, 2.05) is 13.0 Å². The number of carbonyl (C=O) groups is 1. The monoisotopic (exact) mass is 156 g/mol. The van der Waals surface area contributed by atoms with Crippen molar-refractivity contribution in [1.29, 1.82) is 0 Å². The van der Waals surface area contributed by atoms with Gasteiger partial charge in [-0.3, -0.25) is 0 Å². The lowest BCUT2D eigenvalue weighted by Gasteiger charge is -1.80. The average molecular weight is 156 g/mol. The van der Waals surface area contributed by atoms with Crippen molar-refractivity contribution in [2.75, 3.05) is 0 Å². The van der Waals surface area contributed by atoms with E-state index in [9.17, 15) is 4.79 Å². The van der Waals surface area contributed by atoms with Crippen molar-refractivity contribution in [3.63, 3.8) is 0 Å². The first-order chi connectivity index (χ1) is 5.18. The molecule has 0 bridgehead atoms. The topological polar surface area (TPSA) is 17.1 Å². The molecule has 0 aromatic rings. The fraction of sp³-hybridized carbons (Fsp3) is 0.700. The van der Waals surface area contributed by atoms with Crippen molar-refractivity contribution in [3.8, 4) is 0 Å². The Morgan fingerprint density at radius 3 is 1.91 bits per heavy atom. The number of hydrogen-bond acceptors (Lipinski definition) is 1. The number of carbonyl (C=O) groups excluding carboxylic acids is 1. The van der Waals surface area contributed by atoms with E-state index < -0.39 is 0 Å². The van der Waals surface area contributed by atoms with Gasteiger partial charge in [-0.25, -0.2) is 0 Å². The summed E-state index contributed by atoms with van der Waals surface area (Å²) in [6.45, 7) is 9.31. The zero-order chi connectivity index (χ0) is 9.11. The van der Waals surface area contributed by atoms with Crippen molar-refractivity contribution in [3.05, 3.63) is 12.7 Å². The molecule has 0 spiro atoms. The van der Waals surface area contributed by atoms with Gasteiger partial charge in [0.15, 0.2) is 0 Å². The van der Waals surface area contributed by atoms with Gasteiger partial charge in [-0.15, -0.1) is 6.58 Å². The third-order valence-corrected chi connectivity index (χ3v) is 1.09. The first kappa shape index (κ1) is 13.0. The summed E-state index contributed by atoms with van der Waals surface area (Å²) in [5.74, 6) is 0.289. The highest BCUT2D eigenvalue weighted by molar-refractivity contribution is 5.75. The molecule has 0 saturated carbocycles. The highest BCUT2D eigenvalue weighted by Gasteiger charge is 1.83. The molecule has 0 amide bonds. The van der Waals surface area contributed by atoms with Gasteiger partial charge in [-0.05, 0) is 19.8 Å². The van der Waals surface area contributed by atoms with Crippen LogP contribution in [0.4, 0.5) is 0 Å². The zero-order valence-corrected chi connectivity index (χ0v) is 8.02. The normalized spacial score (nSPS) is 7.91. The Bertz CT molecular complexity index is 95.0. The third-order valence-electron chi connectivity index (χ3n) is 1.09. The summed E-state index contributed by atoms with van der Waals surface area (Å²) in [4.78, 5) is 10.0. The maximum Gasteiger partial charge on any atom is 0.129 e. The first-order valence-corrected chi connectivity index (χ1v) is 4.29. The molecule has 0 aromatic carbocycles. The Labute approximate surface area is 70.5 Å². The van der Waals surface area contributed by atoms with Crippen molar-refractivity contribution in [1.82, 2.24) is 0 Å². The molecule has 0 atom stereocenters. The minimum Gasteiger partial charge on any atom is -0.300 e. The molecule has 0 aromatic heterocycles. The lowest BCUT2D eigenvalue weighted by atomic mass is 10.3. The highest BCUT2D eigenvalue weighted by Crippen LogP contribution is 1.84. The van der Waals surface area contributed by atoms with Gasteiger partial charge in [-0.2, -0.15) is 0 Å². The van der Waals surface area contributed by atoms with Gasteiger partial charge in [0.2, 0.25) is 0 Å². The van der Waals surface area contributed by atoms with E-state index in [1.165, 1.54) is 6.42 Å². The minimum atomic E-state index is 0.289. The van der Waals surface area contributed by atoms with Gasteiger partial charge in [0.05, 0.1) is 0 Å². The van der Waals surface area contributed by atoms with Gasteiger partial charge in [-0.1, -0.05) is 26.3 Å². The fourth-order valence-corrected chi connectivity index (χ4v) is 0.556. The highest BCUT2D eigenvalue weighted by atomic mass is 16.1. The lowest BCUT2D eigenvalue weighted by Crippen LogP contribution is -1.84. The molecule has 0 aliphatic carbocycles. The molecule has 1 heteroatoms. The zero-order valence-electron chi connectivity index (χ0n) is 8.02. The predicted octanol–water partition coefficient (Wildman–Crippen LogP) is 3.35. The molecular weight excluding hydrogens is 136 g/mol. The Kier molecular flexibility index (Phi) is 14.4. The second-order valence-electron chi connectivity index (χ2n) is 2.53. The van der Waals surface area contributed by atoms with E-state index in [1.54, 1.807) is 6.92 Å². The molecule has 0 fully saturated rings. The predicted molar refractivity (Wildman–Crippen MR) is 50.7 cm³/mol. The summed E-state index contributed by atoms with van der Waals surface area (Å²) in [7, 11) is 0. The number of allylic oxidation sites excluding steroid dienone is 1. The van der Waals surface area contributed by atoms with Gasteiger partial charge in [0.25, 0.3) is 0 Å². The molecule has 0 heterocycles. The van der Waals surface area contributed by atoms with Crippen molar-refractivity contribution < 1.29 is 4.79 Å². The maximum absolute atomic E-state index is 10.0. The molecule has 0 rings (SSSR count). The first-order valence-electron chi connectivity index (χ1n) is 4.29. The van der Waals surface area contributed by atoms with E-state index in [2.05, 4.69) is 13.5 Å². The van der Waals surface area contributed by atoms with Crippen LogP contribution in [0, 0.1) is 0 Å². The van der Waals surface area contributed by atoms with E-state index in [-0.39, 0.29) is 5.78 Å². The van der Waals surface area contributed by atoms with Crippen LogP contribution in [0.2, 0.25) is 0 Å². The number of unbranched alkanes of at least 4 members (excludes halogenated alkanes) is 1. The van der Waals surface area contributed by atoms with E-state index in [0.29, 0.717) is 0 Å². The lowest BCUT2D eigenvalue weighted by molar-refractivity contribution is -0.117. The minimum absolute atomic E-state index is 0.289. The quantitative estimate of drug-likeness (QED) is 0.570. The Morgan fingerprint density at radius 1 is 1.36 bits per heavy atom. The molecule has 1 nitrogen and oxygen atoms in total. The largest absolute Gasteiger partial charge is 0.300 e. The van der Waals surface area contributed by atoms with Crippen LogP contribution >= 0.6 is 0 Å². The summed E-state index contributed by atoms with van der Waals surface area (Å²) < 4.78 is 0. The van der Waals surface area contributed by atoms with Crippen LogP contribution in [0.5, 0.6) is 0 Å². The van der Waals surface area contributed by atoms with Crippen LogP contribution in [-0.2, 0) is 4.79 Å². The van der Waals surface area contributed by atoms with Crippen LogP contribution in [-0.4, -0.2) is 5.78 Å². The fourth-order valence-electron chi connectivity index (χ4n) is 0.556. The Morgan fingerprint density at radius 2 is 1.91 bits per heavy atom. The number of Topliss-reactive ketones (excluding diaryl/α,β-unsaturated/α-hetero) is 1. The SMILES string of the molecule is C=CCCC.CCCC(C)=O.